The van der Waals surface area contributed by atoms with Crippen LogP contribution in [0.25, 0.3) is 10.8 Å². The molecule has 2 aliphatic heterocycles. The molecule has 2 aromatic rings. The summed E-state index contributed by atoms with van der Waals surface area (Å²) in [5, 5.41) is 15.6. The van der Waals surface area contributed by atoms with Crippen LogP contribution in [-0.2, 0) is 24.4 Å². The predicted molar refractivity (Wildman–Crippen MR) is 183 cm³/mol. The second kappa shape index (κ2) is 14.1. The van der Waals surface area contributed by atoms with E-state index in [1.165, 1.54) is 36.4 Å². The topological polar surface area (TPSA) is 193 Å². The molecule has 3 heterocycles. The Morgan fingerprint density at radius 1 is 1.17 bits per heavy atom. The molecule has 0 spiro atoms. The number of pyridine rings is 1. The second-order valence-electron chi connectivity index (χ2n) is 14.6. The van der Waals surface area contributed by atoms with Crippen molar-refractivity contribution in [2.24, 2.45) is 17.8 Å². The highest BCUT2D eigenvalue weighted by molar-refractivity contribution is 7.91. The van der Waals surface area contributed by atoms with Crippen LogP contribution in [0.3, 0.4) is 0 Å². The quantitative estimate of drug-likeness (QED) is 0.292. The second-order valence-corrected chi connectivity index (χ2v) is 16.7. The molecule has 52 heavy (non-hydrogen) atoms. The standard InChI is InChI=1S/C35H43F2N5O9S/c1-19-6-4-5-7-21-15-35(21,32(45)41-52(48,49)34(18-36)10-11-34)40-29(43)26-14-23(17-42(26)31(44)28(20(2)12-19)39-33(46)47)51-30-25-13-22(37)8-9-24(25)27(50-3)16-38-30/h5,7-9,13,16,19-21,23,26,28,39H,4,6,10-12,14-15,17-18H2,1-3H3,(H,40,43)(H,41,45)(H,46,47)/b7-5-/t19-,20+,21+,23+,26-,28-,35+/m0/s1. The zero-order valence-electron chi connectivity index (χ0n) is 29.1. The van der Waals surface area contributed by atoms with Gasteiger partial charge in [-0.2, -0.15) is 0 Å². The Labute approximate surface area is 299 Å². The van der Waals surface area contributed by atoms with Gasteiger partial charge in [0, 0.05) is 17.7 Å². The Hall–Kier alpha value is -4.54. The van der Waals surface area contributed by atoms with Gasteiger partial charge in [0.2, 0.25) is 27.7 Å². The molecule has 1 saturated heterocycles. The van der Waals surface area contributed by atoms with Gasteiger partial charge < -0.3 is 30.1 Å². The summed E-state index contributed by atoms with van der Waals surface area (Å²) in [5.41, 5.74) is -1.70. The number of hydrogen-bond donors (Lipinski definition) is 4. The maximum atomic E-state index is 14.4. The van der Waals surface area contributed by atoms with Gasteiger partial charge in [-0.05, 0) is 68.6 Å². The number of methoxy groups -OCH3 is 1. The Bertz CT molecular complexity index is 1910. The lowest BCUT2D eigenvalue weighted by atomic mass is 9.88. The normalized spacial score (nSPS) is 30.8. The van der Waals surface area contributed by atoms with Crippen molar-refractivity contribution in [1.29, 1.82) is 0 Å². The zero-order valence-corrected chi connectivity index (χ0v) is 29.9. The largest absolute Gasteiger partial charge is 0.494 e. The minimum absolute atomic E-state index is 0.00798. The van der Waals surface area contributed by atoms with E-state index in [-0.39, 0.29) is 49.4 Å². The van der Waals surface area contributed by atoms with Crippen LogP contribution >= 0.6 is 0 Å². The van der Waals surface area contributed by atoms with Crippen molar-refractivity contribution in [3.05, 3.63) is 42.4 Å². The van der Waals surface area contributed by atoms with Crippen molar-refractivity contribution >= 4 is 44.6 Å². The average molecular weight is 748 g/mol. The fraction of sp³-hybridized carbons (Fsp3) is 0.571. The van der Waals surface area contributed by atoms with Gasteiger partial charge in [0.15, 0.2) is 0 Å². The molecule has 2 aliphatic carbocycles. The number of nitrogens with one attached hydrogen (secondary N) is 3. The molecule has 14 nitrogen and oxygen atoms in total. The molecule has 4 aliphatic rings. The molecule has 1 aromatic carbocycles. The van der Waals surface area contributed by atoms with E-state index >= 15 is 0 Å². The predicted octanol–water partition coefficient (Wildman–Crippen LogP) is 3.20. The van der Waals surface area contributed by atoms with Crippen molar-refractivity contribution < 1.29 is 51.0 Å². The van der Waals surface area contributed by atoms with Gasteiger partial charge >= 0.3 is 6.09 Å². The van der Waals surface area contributed by atoms with Crippen molar-refractivity contribution in [3.63, 3.8) is 0 Å². The third kappa shape index (κ3) is 7.11. The first kappa shape index (κ1) is 37.2. The van der Waals surface area contributed by atoms with E-state index in [2.05, 4.69) is 15.6 Å². The molecule has 282 valence electrons. The molecular formula is C35H43F2N5O9S. The molecule has 6 rings (SSSR count). The number of ether oxygens (including phenoxy) is 2. The zero-order chi connectivity index (χ0) is 37.6. The first-order chi connectivity index (χ1) is 24.6. The minimum atomic E-state index is -4.41. The maximum absolute atomic E-state index is 14.4. The van der Waals surface area contributed by atoms with Crippen molar-refractivity contribution in [2.45, 2.75) is 87.3 Å². The summed E-state index contributed by atoms with van der Waals surface area (Å²) < 4.78 is 66.2. The molecular weight excluding hydrogens is 704 g/mol. The van der Waals surface area contributed by atoms with Gasteiger partial charge in [0.1, 0.15) is 46.7 Å². The molecule has 0 unspecified atom stereocenters. The van der Waals surface area contributed by atoms with Crippen LogP contribution in [0.4, 0.5) is 13.6 Å². The van der Waals surface area contributed by atoms with Crippen molar-refractivity contribution in [1.82, 2.24) is 25.2 Å². The number of aromatic nitrogens is 1. The molecule has 0 bridgehead atoms. The summed E-state index contributed by atoms with van der Waals surface area (Å²) in [6, 6.07) is 1.44. The van der Waals surface area contributed by atoms with E-state index < -0.39 is 86.6 Å². The van der Waals surface area contributed by atoms with Gasteiger partial charge in [0.25, 0.3) is 5.91 Å². The third-order valence-corrected chi connectivity index (χ3v) is 12.9. The van der Waals surface area contributed by atoms with Crippen LogP contribution in [0.1, 0.15) is 58.8 Å². The summed E-state index contributed by atoms with van der Waals surface area (Å²) in [6.45, 7) is 2.37. The van der Waals surface area contributed by atoms with Gasteiger partial charge in [-0.3, -0.25) is 19.1 Å². The highest BCUT2D eigenvalue weighted by atomic mass is 32.2. The molecule has 4 N–H and O–H groups in total. The van der Waals surface area contributed by atoms with E-state index in [0.717, 1.165) is 0 Å². The number of carboxylic acid groups (broad SMARTS) is 1. The van der Waals surface area contributed by atoms with Crippen LogP contribution in [0.5, 0.6) is 11.6 Å². The van der Waals surface area contributed by atoms with Crippen LogP contribution in [0.2, 0.25) is 0 Å². The van der Waals surface area contributed by atoms with E-state index in [9.17, 15) is 41.5 Å². The summed E-state index contributed by atoms with van der Waals surface area (Å²) in [7, 11) is -2.98. The molecule has 4 amide bonds. The lowest BCUT2D eigenvalue weighted by Crippen LogP contribution is -2.59. The van der Waals surface area contributed by atoms with E-state index in [1.807, 2.05) is 17.7 Å². The van der Waals surface area contributed by atoms with Crippen molar-refractivity contribution in [3.8, 4) is 11.6 Å². The number of halogens is 2. The van der Waals surface area contributed by atoms with E-state index in [1.54, 1.807) is 13.0 Å². The number of hydrogen-bond acceptors (Lipinski definition) is 9. The number of carbonyl (C=O) groups is 4. The summed E-state index contributed by atoms with van der Waals surface area (Å²) in [4.78, 5) is 59.8. The van der Waals surface area contributed by atoms with Gasteiger partial charge in [-0.1, -0.05) is 26.0 Å². The highest BCUT2D eigenvalue weighted by Gasteiger charge is 2.64. The number of nitrogens with zero attached hydrogens (tertiary/aromatic N) is 2. The maximum Gasteiger partial charge on any atom is 0.405 e. The number of rotatable bonds is 8. The minimum Gasteiger partial charge on any atom is -0.494 e. The Morgan fingerprint density at radius 3 is 2.60 bits per heavy atom. The SMILES string of the molecule is COc1cnc(O[C@@H]2C[C@H]3C(=O)N[C@]4(C(=O)NS(=O)(=O)C5(CF)CC5)C[C@H]4/C=C\CC[C@H](C)C[C@@H](C)[C@H](NC(=O)O)C(=O)N3C2)c2cc(F)ccc12. The van der Waals surface area contributed by atoms with Crippen LogP contribution in [-0.4, -0.2) is 96.0 Å². The van der Waals surface area contributed by atoms with E-state index in [4.69, 9.17) is 9.47 Å². The molecule has 7 atom stereocenters. The van der Waals surface area contributed by atoms with Gasteiger partial charge in [-0.25, -0.2) is 27.0 Å². The number of sulfonamides is 1. The number of amides is 4. The number of alkyl halides is 1. The fourth-order valence-corrected chi connectivity index (χ4v) is 8.89. The van der Waals surface area contributed by atoms with Crippen LogP contribution < -0.4 is 24.8 Å². The summed E-state index contributed by atoms with van der Waals surface area (Å²) in [5.74, 6) is -3.69. The molecule has 2 saturated carbocycles. The monoisotopic (exact) mass is 747 g/mol. The van der Waals surface area contributed by atoms with Crippen LogP contribution in [0, 0.1) is 23.6 Å². The number of carbonyl (C=O) groups excluding carboxylic acids is 3. The van der Waals surface area contributed by atoms with Crippen LogP contribution in [0.15, 0.2) is 36.5 Å². The molecule has 1 aromatic heterocycles. The smallest absolute Gasteiger partial charge is 0.405 e. The van der Waals surface area contributed by atoms with E-state index in [0.29, 0.717) is 30.4 Å². The molecule has 17 heteroatoms. The summed E-state index contributed by atoms with van der Waals surface area (Å²) >= 11 is 0. The Balaban J connectivity index is 1.35. The molecule has 3 fully saturated rings. The summed E-state index contributed by atoms with van der Waals surface area (Å²) in [6.07, 6.45) is 4.44. The number of benzene rings is 1. The molecule has 0 radical (unpaired) electrons. The van der Waals surface area contributed by atoms with Crippen molar-refractivity contribution in [2.75, 3.05) is 20.3 Å². The Morgan fingerprint density at radius 2 is 1.92 bits per heavy atom. The number of fused-ring (bicyclic) bond motifs is 3. The average Bonchev–Trinajstić information content (AvgIpc) is 4.00. The first-order valence-electron chi connectivity index (χ1n) is 17.3. The number of allylic oxidation sites excluding steroid dienone is 1. The fourth-order valence-electron chi connectivity index (χ4n) is 7.46. The first-order valence-corrected chi connectivity index (χ1v) is 18.8. The highest BCUT2D eigenvalue weighted by Crippen LogP contribution is 2.48. The van der Waals surface area contributed by atoms with Gasteiger partial charge in [0.05, 0.1) is 25.2 Å². The lowest BCUT2D eigenvalue weighted by molar-refractivity contribution is -0.142. The van der Waals surface area contributed by atoms with Gasteiger partial charge in [-0.15, -0.1) is 0 Å². The third-order valence-electron chi connectivity index (χ3n) is 10.8. The Kier molecular flexibility index (Phi) is 10.1. The lowest BCUT2D eigenvalue weighted by Gasteiger charge is -2.32.